The van der Waals surface area contributed by atoms with Gasteiger partial charge < -0.3 is 9.64 Å². The first-order chi connectivity index (χ1) is 12.9. The third-order valence-electron chi connectivity index (χ3n) is 4.50. The van der Waals surface area contributed by atoms with E-state index in [0.717, 1.165) is 27.8 Å². The lowest BCUT2D eigenvalue weighted by Crippen LogP contribution is -2.26. The van der Waals surface area contributed by atoms with Crippen molar-refractivity contribution in [3.63, 3.8) is 0 Å². The highest BCUT2D eigenvalue weighted by Crippen LogP contribution is 2.30. The number of ether oxygens (including phenoxy) is 1. The molecule has 142 valence electrons. The van der Waals surface area contributed by atoms with E-state index in [9.17, 15) is 8.42 Å². The fourth-order valence-corrected chi connectivity index (χ4v) is 4.34. The Morgan fingerprint density at radius 3 is 2.26 bits per heavy atom. The molecule has 0 aliphatic rings. The molecule has 0 radical (unpaired) electrons. The zero-order chi connectivity index (χ0) is 19.4. The minimum absolute atomic E-state index is 0.304. The van der Waals surface area contributed by atoms with Crippen LogP contribution >= 0.6 is 0 Å². The predicted molar refractivity (Wildman–Crippen MR) is 110 cm³/mol. The number of anilines is 1. The molecule has 0 unspecified atom stereocenters. The average Bonchev–Trinajstić information content (AvgIpc) is 2.67. The van der Waals surface area contributed by atoms with E-state index in [1.165, 1.54) is 0 Å². The quantitative estimate of drug-likeness (QED) is 0.678. The van der Waals surface area contributed by atoms with Crippen LogP contribution in [0, 0.1) is 0 Å². The van der Waals surface area contributed by atoms with Gasteiger partial charge in [-0.25, -0.2) is 13.1 Å². The predicted octanol–water partition coefficient (Wildman–Crippen LogP) is 3.44. The highest BCUT2D eigenvalue weighted by Gasteiger charge is 2.18. The zero-order valence-electron chi connectivity index (χ0n) is 15.8. The number of benzene rings is 3. The molecular weight excluding hydrogens is 360 g/mol. The summed E-state index contributed by atoms with van der Waals surface area (Å²) in [7, 11) is 1.91. The lowest BCUT2D eigenvalue weighted by Gasteiger charge is -2.17. The topological polar surface area (TPSA) is 58.6 Å². The number of methoxy groups -OCH3 is 1. The average molecular weight is 385 g/mol. The second kappa shape index (κ2) is 7.98. The van der Waals surface area contributed by atoms with Crippen molar-refractivity contribution in [2.24, 2.45) is 0 Å². The second-order valence-corrected chi connectivity index (χ2v) is 8.25. The number of sulfonamides is 1. The van der Waals surface area contributed by atoms with Gasteiger partial charge in [0.05, 0.1) is 12.0 Å². The summed E-state index contributed by atoms with van der Waals surface area (Å²) in [5, 5.41) is 1.64. The molecule has 27 heavy (non-hydrogen) atoms. The molecule has 0 heterocycles. The van der Waals surface area contributed by atoms with Gasteiger partial charge in [0.25, 0.3) is 0 Å². The summed E-state index contributed by atoms with van der Waals surface area (Å²) in [6.07, 6.45) is 0.608. The monoisotopic (exact) mass is 384 g/mol. The highest BCUT2D eigenvalue weighted by atomic mass is 32.2. The van der Waals surface area contributed by atoms with Gasteiger partial charge in [0, 0.05) is 37.1 Å². The summed E-state index contributed by atoms with van der Waals surface area (Å²) in [4.78, 5) is 2.29. The Balaban J connectivity index is 1.81. The molecule has 0 atom stereocenters. The molecule has 0 spiro atoms. The van der Waals surface area contributed by atoms with Crippen LogP contribution in [-0.2, 0) is 16.4 Å². The van der Waals surface area contributed by atoms with Crippen LogP contribution in [-0.4, -0.2) is 36.2 Å². The van der Waals surface area contributed by atoms with Crippen molar-refractivity contribution in [2.45, 2.75) is 11.3 Å². The van der Waals surface area contributed by atoms with Crippen molar-refractivity contribution in [2.75, 3.05) is 32.6 Å². The molecule has 0 aliphatic carbocycles. The van der Waals surface area contributed by atoms with Gasteiger partial charge in [-0.3, -0.25) is 0 Å². The molecule has 0 aromatic heterocycles. The molecular formula is C21H24N2O3S. The van der Waals surface area contributed by atoms with Crippen LogP contribution in [0.3, 0.4) is 0 Å². The SMILES string of the molecule is COc1ccc(CCNS(=O)(=O)c2cccc3c(N(C)C)cccc23)cc1. The molecule has 6 heteroatoms. The third kappa shape index (κ3) is 4.23. The molecule has 1 N–H and O–H groups in total. The fraction of sp³-hybridized carbons (Fsp3) is 0.238. The van der Waals surface area contributed by atoms with E-state index in [-0.39, 0.29) is 0 Å². The first kappa shape index (κ1) is 19.2. The van der Waals surface area contributed by atoms with Crippen LogP contribution in [0.2, 0.25) is 0 Å². The van der Waals surface area contributed by atoms with Crippen molar-refractivity contribution in [1.29, 1.82) is 0 Å². The van der Waals surface area contributed by atoms with Crippen LogP contribution < -0.4 is 14.4 Å². The van der Waals surface area contributed by atoms with Gasteiger partial charge in [-0.15, -0.1) is 0 Å². The maximum absolute atomic E-state index is 12.9. The lowest BCUT2D eigenvalue weighted by atomic mass is 10.1. The van der Waals surface area contributed by atoms with Gasteiger partial charge in [-0.05, 0) is 36.2 Å². The normalized spacial score (nSPS) is 11.5. The molecule has 3 aromatic rings. The molecule has 0 saturated carbocycles. The van der Waals surface area contributed by atoms with Gasteiger partial charge >= 0.3 is 0 Å². The van der Waals surface area contributed by atoms with Crippen molar-refractivity contribution in [3.05, 3.63) is 66.2 Å². The largest absolute Gasteiger partial charge is 0.497 e. The Morgan fingerprint density at radius 2 is 1.59 bits per heavy atom. The van der Waals surface area contributed by atoms with E-state index in [1.807, 2.05) is 67.5 Å². The number of fused-ring (bicyclic) bond motifs is 1. The van der Waals surface area contributed by atoms with Gasteiger partial charge in [0.2, 0.25) is 10.0 Å². The van der Waals surface area contributed by atoms with Crippen LogP contribution in [0.25, 0.3) is 10.8 Å². The molecule has 0 saturated heterocycles. The standard InChI is InChI=1S/C21H24N2O3S/c1-23(2)20-8-4-7-19-18(20)6-5-9-21(19)27(24,25)22-15-14-16-10-12-17(26-3)13-11-16/h4-13,22H,14-15H2,1-3H3. The number of nitrogens with zero attached hydrogens (tertiary/aromatic N) is 1. The Hall–Kier alpha value is -2.57. The van der Waals surface area contributed by atoms with Crippen LogP contribution in [0.1, 0.15) is 5.56 Å². The van der Waals surface area contributed by atoms with Crippen LogP contribution in [0.5, 0.6) is 5.75 Å². The van der Waals surface area contributed by atoms with E-state index in [2.05, 4.69) is 4.72 Å². The van der Waals surface area contributed by atoms with Crippen LogP contribution in [0.4, 0.5) is 5.69 Å². The van der Waals surface area contributed by atoms with Gasteiger partial charge in [0.15, 0.2) is 0 Å². The second-order valence-electron chi connectivity index (χ2n) is 6.52. The van der Waals surface area contributed by atoms with Gasteiger partial charge in [-0.2, -0.15) is 0 Å². The summed E-state index contributed by atoms with van der Waals surface area (Å²) >= 11 is 0. The highest BCUT2D eigenvalue weighted by molar-refractivity contribution is 7.89. The number of rotatable bonds is 7. The molecule has 0 amide bonds. The summed E-state index contributed by atoms with van der Waals surface area (Å²) in [5.41, 5.74) is 2.04. The smallest absolute Gasteiger partial charge is 0.241 e. The van der Waals surface area contributed by atoms with E-state index in [1.54, 1.807) is 19.2 Å². The summed E-state index contributed by atoms with van der Waals surface area (Å²) in [6, 6.07) is 18.7. The van der Waals surface area contributed by atoms with Gasteiger partial charge in [-0.1, -0.05) is 36.4 Å². The maximum atomic E-state index is 12.9. The lowest BCUT2D eigenvalue weighted by molar-refractivity contribution is 0.414. The van der Waals surface area contributed by atoms with E-state index >= 15 is 0 Å². The maximum Gasteiger partial charge on any atom is 0.241 e. The van der Waals surface area contributed by atoms with Crippen molar-refractivity contribution < 1.29 is 13.2 Å². The first-order valence-corrected chi connectivity index (χ1v) is 10.2. The van der Waals surface area contributed by atoms with E-state index < -0.39 is 10.0 Å². The van der Waals surface area contributed by atoms with E-state index in [0.29, 0.717) is 17.9 Å². The summed E-state index contributed by atoms with van der Waals surface area (Å²) < 4.78 is 33.6. The number of hydrogen-bond donors (Lipinski definition) is 1. The number of hydrogen-bond acceptors (Lipinski definition) is 4. The van der Waals surface area contributed by atoms with E-state index in [4.69, 9.17) is 4.74 Å². The molecule has 0 bridgehead atoms. The molecule has 0 aliphatic heterocycles. The summed E-state index contributed by atoms with van der Waals surface area (Å²) in [6.45, 7) is 0.332. The zero-order valence-corrected chi connectivity index (χ0v) is 16.6. The molecule has 0 fully saturated rings. The Kier molecular flexibility index (Phi) is 5.68. The Morgan fingerprint density at radius 1 is 0.926 bits per heavy atom. The van der Waals surface area contributed by atoms with Crippen molar-refractivity contribution in [3.8, 4) is 5.75 Å². The Labute approximate surface area is 160 Å². The molecule has 3 aromatic carbocycles. The Bertz CT molecular complexity index is 1030. The minimum Gasteiger partial charge on any atom is -0.497 e. The van der Waals surface area contributed by atoms with Gasteiger partial charge in [0.1, 0.15) is 5.75 Å². The molecule has 3 rings (SSSR count). The van der Waals surface area contributed by atoms with Crippen molar-refractivity contribution in [1.82, 2.24) is 4.72 Å². The summed E-state index contributed by atoms with van der Waals surface area (Å²) in [5.74, 6) is 0.784. The molecule has 5 nitrogen and oxygen atoms in total. The first-order valence-electron chi connectivity index (χ1n) is 8.74. The minimum atomic E-state index is -3.61. The van der Waals surface area contributed by atoms with Crippen molar-refractivity contribution >= 4 is 26.5 Å². The third-order valence-corrected chi connectivity index (χ3v) is 6.01. The fourth-order valence-electron chi connectivity index (χ4n) is 3.09. The van der Waals surface area contributed by atoms with Crippen LogP contribution in [0.15, 0.2) is 65.6 Å². The number of nitrogens with one attached hydrogen (secondary N) is 1.